The van der Waals surface area contributed by atoms with Crippen molar-refractivity contribution in [2.75, 3.05) is 30.4 Å². The second-order valence-electron chi connectivity index (χ2n) is 5.75. The molecule has 0 bridgehead atoms. The Morgan fingerprint density at radius 3 is 2.25 bits per heavy atom. The molecule has 0 radical (unpaired) electrons. The van der Waals surface area contributed by atoms with E-state index in [9.17, 15) is 9.59 Å². The van der Waals surface area contributed by atoms with Crippen LogP contribution >= 0.6 is 11.8 Å². The standard InChI is InChI=1S/C18H29N3O2S/c1-4-11-21(12-5-2)18(23)14-6-8-15(9-7-14)20-17(22)16(19)10-13-24-3/h6-9,16H,4-5,10-13,19H2,1-3H3,(H,20,22)/t16-/m0/s1. The molecular weight excluding hydrogens is 322 g/mol. The maximum atomic E-state index is 12.5. The van der Waals surface area contributed by atoms with Crippen molar-refractivity contribution < 1.29 is 9.59 Å². The lowest BCUT2D eigenvalue weighted by Crippen LogP contribution is -2.36. The van der Waals surface area contributed by atoms with Gasteiger partial charge >= 0.3 is 0 Å². The second kappa shape index (κ2) is 11.1. The molecule has 3 N–H and O–H groups in total. The fourth-order valence-corrected chi connectivity index (χ4v) is 2.83. The summed E-state index contributed by atoms with van der Waals surface area (Å²) in [5.41, 5.74) is 7.15. The third-order valence-corrected chi connectivity index (χ3v) is 4.29. The van der Waals surface area contributed by atoms with Gasteiger partial charge in [0.2, 0.25) is 5.91 Å². The second-order valence-corrected chi connectivity index (χ2v) is 6.73. The molecule has 0 aromatic heterocycles. The number of thioether (sulfide) groups is 1. The first kappa shape index (κ1) is 20.5. The van der Waals surface area contributed by atoms with Gasteiger partial charge in [-0.3, -0.25) is 9.59 Å². The normalized spacial score (nSPS) is 11.8. The number of nitrogens with one attached hydrogen (secondary N) is 1. The Morgan fingerprint density at radius 1 is 1.17 bits per heavy atom. The molecule has 0 unspecified atom stereocenters. The molecule has 1 aromatic rings. The largest absolute Gasteiger partial charge is 0.339 e. The number of hydrogen-bond acceptors (Lipinski definition) is 4. The Morgan fingerprint density at radius 2 is 1.75 bits per heavy atom. The van der Waals surface area contributed by atoms with Gasteiger partial charge in [0.15, 0.2) is 0 Å². The first-order valence-electron chi connectivity index (χ1n) is 8.48. The van der Waals surface area contributed by atoms with Gasteiger partial charge < -0.3 is 16.0 Å². The van der Waals surface area contributed by atoms with E-state index in [0.717, 1.165) is 31.7 Å². The molecule has 0 aliphatic heterocycles. The molecule has 0 aliphatic rings. The Bertz CT molecular complexity index is 514. The van der Waals surface area contributed by atoms with Gasteiger partial charge in [0.25, 0.3) is 5.91 Å². The molecule has 0 spiro atoms. The van der Waals surface area contributed by atoms with Crippen LogP contribution < -0.4 is 11.1 Å². The maximum absolute atomic E-state index is 12.5. The van der Waals surface area contributed by atoms with E-state index in [1.165, 1.54) is 0 Å². The van der Waals surface area contributed by atoms with Gasteiger partial charge in [-0.2, -0.15) is 11.8 Å². The number of hydrogen-bond donors (Lipinski definition) is 2. The summed E-state index contributed by atoms with van der Waals surface area (Å²) in [6, 6.07) is 6.50. The molecule has 0 aliphatic carbocycles. The highest BCUT2D eigenvalue weighted by atomic mass is 32.2. The summed E-state index contributed by atoms with van der Waals surface area (Å²) in [4.78, 5) is 26.4. The SMILES string of the molecule is CCCN(CCC)C(=O)c1ccc(NC(=O)[C@@H](N)CCSC)cc1. The van der Waals surface area contributed by atoms with Crippen molar-refractivity contribution in [3.05, 3.63) is 29.8 Å². The Kier molecular flexibility index (Phi) is 9.49. The van der Waals surface area contributed by atoms with Crippen LogP contribution in [0.4, 0.5) is 5.69 Å². The molecular formula is C18H29N3O2S. The van der Waals surface area contributed by atoms with Gasteiger partial charge in [-0.15, -0.1) is 0 Å². The average Bonchev–Trinajstić information content (AvgIpc) is 2.59. The highest BCUT2D eigenvalue weighted by Crippen LogP contribution is 2.13. The van der Waals surface area contributed by atoms with E-state index in [1.807, 2.05) is 11.2 Å². The van der Waals surface area contributed by atoms with E-state index in [4.69, 9.17) is 5.73 Å². The minimum atomic E-state index is -0.511. The summed E-state index contributed by atoms with van der Waals surface area (Å²) in [5.74, 6) is 0.696. The molecule has 0 saturated heterocycles. The third kappa shape index (κ3) is 6.53. The zero-order valence-corrected chi connectivity index (χ0v) is 15.7. The molecule has 24 heavy (non-hydrogen) atoms. The van der Waals surface area contributed by atoms with Crippen LogP contribution in [0, 0.1) is 0 Å². The third-order valence-electron chi connectivity index (χ3n) is 3.64. The number of carbonyl (C=O) groups excluding carboxylic acids is 2. The van der Waals surface area contributed by atoms with E-state index < -0.39 is 6.04 Å². The van der Waals surface area contributed by atoms with Gasteiger partial charge in [-0.05, 0) is 55.5 Å². The number of nitrogens with zero attached hydrogens (tertiary/aromatic N) is 1. The summed E-state index contributed by atoms with van der Waals surface area (Å²) in [5, 5.41) is 2.80. The lowest BCUT2D eigenvalue weighted by atomic mass is 10.1. The van der Waals surface area contributed by atoms with Gasteiger partial charge in [-0.1, -0.05) is 13.8 Å². The first-order chi connectivity index (χ1) is 11.5. The minimum absolute atomic E-state index is 0.0354. The summed E-state index contributed by atoms with van der Waals surface area (Å²) in [6.45, 7) is 5.65. The van der Waals surface area contributed by atoms with Gasteiger partial charge in [0.1, 0.15) is 0 Å². The topological polar surface area (TPSA) is 75.4 Å². The minimum Gasteiger partial charge on any atom is -0.339 e. The Hall–Kier alpha value is -1.53. The van der Waals surface area contributed by atoms with Crippen LogP contribution in [-0.2, 0) is 4.79 Å². The monoisotopic (exact) mass is 351 g/mol. The van der Waals surface area contributed by atoms with Crippen LogP contribution in [-0.4, -0.2) is 47.9 Å². The summed E-state index contributed by atoms with van der Waals surface area (Å²) < 4.78 is 0. The first-order valence-corrected chi connectivity index (χ1v) is 9.87. The van der Waals surface area contributed by atoms with E-state index >= 15 is 0 Å². The molecule has 6 heteroatoms. The fourth-order valence-electron chi connectivity index (χ4n) is 2.34. The van der Waals surface area contributed by atoms with Crippen molar-refractivity contribution >= 4 is 29.3 Å². The quantitative estimate of drug-likeness (QED) is 0.679. The highest BCUT2D eigenvalue weighted by molar-refractivity contribution is 7.98. The summed E-state index contributed by atoms with van der Waals surface area (Å²) >= 11 is 1.67. The maximum Gasteiger partial charge on any atom is 0.253 e. The van der Waals surface area contributed by atoms with Crippen LogP contribution in [0.15, 0.2) is 24.3 Å². The predicted octanol–water partition coefficient (Wildman–Crippen LogP) is 2.97. The van der Waals surface area contributed by atoms with E-state index in [1.54, 1.807) is 36.0 Å². The van der Waals surface area contributed by atoms with E-state index in [-0.39, 0.29) is 11.8 Å². The predicted molar refractivity (Wildman–Crippen MR) is 103 cm³/mol. The van der Waals surface area contributed by atoms with Crippen molar-refractivity contribution in [2.24, 2.45) is 5.73 Å². The van der Waals surface area contributed by atoms with Crippen LogP contribution in [0.25, 0.3) is 0 Å². The summed E-state index contributed by atoms with van der Waals surface area (Å²) in [7, 11) is 0. The van der Waals surface area contributed by atoms with Gasteiger partial charge in [0, 0.05) is 24.3 Å². The molecule has 1 atom stereocenters. The van der Waals surface area contributed by atoms with Crippen molar-refractivity contribution in [1.29, 1.82) is 0 Å². The number of rotatable bonds is 10. The zero-order chi connectivity index (χ0) is 17.9. The number of benzene rings is 1. The number of amides is 2. The zero-order valence-electron chi connectivity index (χ0n) is 14.9. The fraction of sp³-hybridized carbons (Fsp3) is 0.556. The molecule has 5 nitrogen and oxygen atoms in total. The van der Waals surface area contributed by atoms with Crippen molar-refractivity contribution in [3.8, 4) is 0 Å². The van der Waals surface area contributed by atoms with Gasteiger partial charge in [0.05, 0.1) is 6.04 Å². The lowest BCUT2D eigenvalue weighted by Gasteiger charge is -2.21. The smallest absolute Gasteiger partial charge is 0.253 e. The highest BCUT2D eigenvalue weighted by Gasteiger charge is 2.15. The Balaban J connectivity index is 2.67. The van der Waals surface area contributed by atoms with Crippen molar-refractivity contribution in [2.45, 2.75) is 39.2 Å². The number of anilines is 1. The summed E-state index contributed by atoms with van der Waals surface area (Å²) in [6.07, 6.45) is 4.51. The van der Waals surface area contributed by atoms with Crippen molar-refractivity contribution in [1.82, 2.24) is 4.90 Å². The van der Waals surface area contributed by atoms with Crippen LogP contribution in [0.3, 0.4) is 0 Å². The van der Waals surface area contributed by atoms with Crippen LogP contribution in [0.1, 0.15) is 43.5 Å². The molecule has 0 heterocycles. The van der Waals surface area contributed by atoms with Crippen molar-refractivity contribution in [3.63, 3.8) is 0 Å². The lowest BCUT2D eigenvalue weighted by molar-refractivity contribution is -0.117. The van der Waals surface area contributed by atoms with E-state index in [0.29, 0.717) is 17.7 Å². The molecule has 0 fully saturated rings. The van der Waals surface area contributed by atoms with E-state index in [2.05, 4.69) is 19.2 Å². The average molecular weight is 352 g/mol. The van der Waals surface area contributed by atoms with Gasteiger partial charge in [-0.25, -0.2) is 0 Å². The number of nitrogens with two attached hydrogens (primary N) is 1. The van der Waals surface area contributed by atoms with Crippen LogP contribution in [0.5, 0.6) is 0 Å². The molecule has 134 valence electrons. The molecule has 1 aromatic carbocycles. The molecule has 2 amide bonds. The number of carbonyl (C=O) groups is 2. The van der Waals surface area contributed by atoms with Crippen LogP contribution in [0.2, 0.25) is 0 Å². The Labute approximate surface area is 149 Å². The molecule has 0 saturated carbocycles. The molecule has 1 rings (SSSR count).